The van der Waals surface area contributed by atoms with Gasteiger partial charge in [-0.05, 0) is 31.6 Å². The Hall–Kier alpha value is -0.320. The molecule has 1 aliphatic carbocycles. The molecule has 0 unspecified atom stereocenters. The number of hydrogen-bond acceptors (Lipinski definition) is 3. The number of halogens is 1. The van der Waals surface area contributed by atoms with E-state index in [1.54, 1.807) is 0 Å². The van der Waals surface area contributed by atoms with Crippen LogP contribution in [0.3, 0.4) is 0 Å². The molecule has 0 bridgehead atoms. The maximum absolute atomic E-state index is 12.0. The molecule has 124 valence electrons. The van der Waals surface area contributed by atoms with Crippen LogP contribution in [0.15, 0.2) is 0 Å². The minimum Gasteiger partial charge on any atom is -0.352 e. The molecular formula is C16H32ClN3O. The summed E-state index contributed by atoms with van der Waals surface area (Å²) in [4.78, 5) is 14.6. The van der Waals surface area contributed by atoms with Crippen LogP contribution in [0.1, 0.15) is 58.8 Å². The highest BCUT2D eigenvalue weighted by atomic mass is 35.5. The van der Waals surface area contributed by atoms with E-state index in [9.17, 15) is 4.79 Å². The van der Waals surface area contributed by atoms with Crippen molar-refractivity contribution in [2.45, 2.75) is 76.9 Å². The van der Waals surface area contributed by atoms with Crippen LogP contribution >= 0.6 is 12.4 Å². The summed E-state index contributed by atoms with van der Waals surface area (Å²) in [6.07, 6.45) is 9.09. The van der Waals surface area contributed by atoms with Crippen LogP contribution in [0, 0.1) is 5.92 Å². The summed E-state index contributed by atoms with van der Waals surface area (Å²) < 4.78 is 0. The lowest BCUT2D eigenvalue weighted by Crippen LogP contribution is -2.52. The number of amides is 1. The van der Waals surface area contributed by atoms with Crippen molar-refractivity contribution in [1.29, 1.82) is 0 Å². The molecule has 3 N–H and O–H groups in total. The quantitative estimate of drug-likeness (QED) is 0.836. The van der Waals surface area contributed by atoms with E-state index in [-0.39, 0.29) is 30.3 Å². The van der Waals surface area contributed by atoms with Gasteiger partial charge < -0.3 is 16.0 Å². The van der Waals surface area contributed by atoms with Crippen LogP contribution < -0.4 is 11.1 Å². The lowest BCUT2D eigenvalue weighted by atomic mass is 9.92. The van der Waals surface area contributed by atoms with E-state index >= 15 is 0 Å². The summed E-state index contributed by atoms with van der Waals surface area (Å²) in [5.74, 6) is 0.230. The van der Waals surface area contributed by atoms with Gasteiger partial charge in [-0.25, -0.2) is 0 Å². The maximum atomic E-state index is 12.0. The third kappa shape index (κ3) is 5.42. The third-order valence-electron chi connectivity index (χ3n) is 4.99. The smallest absolute Gasteiger partial charge is 0.237 e. The highest BCUT2D eigenvalue weighted by Crippen LogP contribution is 2.25. The average molecular weight is 318 g/mol. The Labute approximate surface area is 135 Å². The number of rotatable bonds is 4. The molecule has 1 saturated heterocycles. The van der Waals surface area contributed by atoms with E-state index in [2.05, 4.69) is 10.2 Å². The first-order valence-corrected chi connectivity index (χ1v) is 8.38. The van der Waals surface area contributed by atoms with Crippen LogP contribution in [0.25, 0.3) is 0 Å². The second kappa shape index (κ2) is 8.96. The third-order valence-corrected chi connectivity index (χ3v) is 4.99. The topological polar surface area (TPSA) is 58.4 Å². The van der Waals surface area contributed by atoms with Gasteiger partial charge >= 0.3 is 0 Å². The molecule has 2 rings (SSSR count). The molecule has 4 nitrogen and oxygen atoms in total. The maximum Gasteiger partial charge on any atom is 0.237 e. The van der Waals surface area contributed by atoms with E-state index in [1.807, 2.05) is 13.8 Å². The first-order chi connectivity index (χ1) is 9.58. The van der Waals surface area contributed by atoms with E-state index in [4.69, 9.17) is 5.73 Å². The van der Waals surface area contributed by atoms with Crippen molar-refractivity contribution in [3.05, 3.63) is 0 Å². The summed E-state index contributed by atoms with van der Waals surface area (Å²) in [7, 11) is 0. The molecule has 1 amide bonds. The molecule has 0 spiro atoms. The normalized spacial score (nSPS) is 23.6. The molecule has 1 aliphatic heterocycles. The Bertz CT molecular complexity index is 311. The van der Waals surface area contributed by atoms with Crippen LogP contribution in [0.2, 0.25) is 0 Å². The largest absolute Gasteiger partial charge is 0.352 e. The van der Waals surface area contributed by atoms with Gasteiger partial charge in [0.2, 0.25) is 5.91 Å². The van der Waals surface area contributed by atoms with E-state index in [0.717, 1.165) is 32.0 Å². The SMILES string of the molecule is CC(C)[C@H](N)C(=O)NC1CCN(C2CCCCC2)CC1.Cl. The monoisotopic (exact) mass is 317 g/mol. The Morgan fingerprint density at radius 1 is 1.10 bits per heavy atom. The zero-order chi connectivity index (χ0) is 14.5. The van der Waals surface area contributed by atoms with E-state index in [0.29, 0.717) is 6.04 Å². The van der Waals surface area contributed by atoms with Gasteiger partial charge in [-0.3, -0.25) is 4.79 Å². The number of likely N-dealkylation sites (tertiary alicyclic amines) is 1. The number of nitrogens with zero attached hydrogens (tertiary/aromatic N) is 1. The fourth-order valence-electron chi connectivity index (χ4n) is 3.46. The number of hydrogen-bond donors (Lipinski definition) is 2. The molecule has 1 atom stereocenters. The second-order valence-corrected chi connectivity index (χ2v) is 6.88. The number of carbonyl (C=O) groups excluding carboxylic acids is 1. The molecule has 1 saturated carbocycles. The lowest BCUT2D eigenvalue weighted by Gasteiger charge is -2.39. The van der Waals surface area contributed by atoms with Gasteiger partial charge in [-0.2, -0.15) is 0 Å². The molecular weight excluding hydrogens is 286 g/mol. The van der Waals surface area contributed by atoms with Gasteiger partial charge in [0.05, 0.1) is 6.04 Å². The van der Waals surface area contributed by atoms with Crippen LogP contribution in [0.5, 0.6) is 0 Å². The molecule has 1 heterocycles. The molecule has 0 aromatic rings. The number of nitrogens with one attached hydrogen (secondary N) is 1. The summed E-state index contributed by atoms with van der Waals surface area (Å²) in [6, 6.07) is 0.761. The average Bonchev–Trinajstić information content (AvgIpc) is 2.48. The predicted octanol–water partition coefficient (Wildman–Crippen LogP) is 2.30. The Kier molecular flexibility index (Phi) is 7.99. The lowest BCUT2D eigenvalue weighted by molar-refractivity contribution is -0.124. The van der Waals surface area contributed by atoms with Gasteiger partial charge in [-0.15, -0.1) is 12.4 Å². The van der Waals surface area contributed by atoms with Gasteiger partial charge in [0, 0.05) is 25.2 Å². The van der Waals surface area contributed by atoms with E-state index in [1.165, 1.54) is 32.1 Å². The number of nitrogens with two attached hydrogens (primary N) is 1. The fraction of sp³-hybridized carbons (Fsp3) is 0.938. The molecule has 5 heteroatoms. The molecule has 0 aromatic heterocycles. The predicted molar refractivity (Wildman–Crippen MR) is 89.7 cm³/mol. The van der Waals surface area contributed by atoms with Gasteiger partial charge in [0.1, 0.15) is 0 Å². The summed E-state index contributed by atoms with van der Waals surface area (Å²) in [6.45, 7) is 6.25. The number of piperidine rings is 1. The first kappa shape index (κ1) is 18.7. The number of carbonyl (C=O) groups is 1. The molecule has 0 radical (unpaired) electrons. The summed E-state index contributed by atoms with van der Waals surface area (Å²) in [5, 5.41) is 3.13. The Balaban J connectivity index is 0.00000220. The van der Waals surface area contributed by atoms with Crippen molar-refractivity contribution in [1.82, 2.24) is 10.2 Å². The molecule has 2 fully saturated rings. The zero-order valence-corrected chi connectivity index (χ0v) is 14.3. The fourth-order valence-corrected chi connectivity index (χ4v) is 3.46. The zero-order valence-electron chi connectivity index (χ0n) is 13.5. The minimum atomic E-state index is -0.369. The standard InChI is InChI=1S/C16H31N3O.ClH/c1-12(2)15(17)16(20)18-13-8-10-19(11-9-13)14-6-4-3-5-7-14;/h12-15H,3-11,17H2,1-2H3,(H,18,20);1H/t15-;/m0./s1. The van der Waals surface area contributed by atoms with Gasteiger partial charge in [0.25, 0.3) is 0 Å². The van der Waals surface area contributed by atoms with Crippen molar-refractivity contribution >= 4 is 18.3 Å². The highest BCUT2D eigenvalue weighted by molar-refractivity contribution is 5.85. The van der Waals surface area contributed by atoms with Crippen molar-refractivity contribution < 1.29 is 4.79 Å². The first-order valence-electron chi connectivity index (χ1n) is 8.38. The summed E-state index contributed by atoms with van der Waals surface area (Å²) in [5.41, 5.74) is 5.90. The molecule has 21 heavy (non-hydrogen) atoms. The van der Waals surface area contributed by atoms with Crippen molar-refractivity contribution in [3.8, 4) is 0 Å². The van der Waals surface area contributed by atoms with Crippen molar-refractivity contribution in [2.75, 3.05) is 13.1 Å². The molecule has 0 aromatic carbocycles. The second-order valence-electron chi connectivity index (χ2n) is 6.88. The summed E-state index contributed by atoms with van der Waals surface area (Å²) >= 11 is 0. The van der Waals surface area contributed by atoms with Crippen LogP contribution in [-0.4, -0.2) is 42.0 Å². The molecule has 2 aliphatic rings. The highest BCUT2D eigenvalue weighted by Gasteiger charge is 2.28. The van der Waals surface area contributed by atoms with Crippen molar-refractivity contribution in [2.24, 2.45) is 11.7 Å². The Morgan fingerprint density at radius 2 is 1.67 bits per heavy atom. The van der Waals surface area contributed by atoms with Crippen LogP contribution in [0.4, 0.5) is 0 Å². The van der Waals surface area contributed by atoms with Crippen LogP contribution in [-0.2, 0) is 4.79 Å². The minimum absolute atomic E-state index is 0. The van der Waals surface area contributed by atoms with Gasteiger partial charge in [-0.1, -0.05) is 33.1 Å². The Morgan fingerprint density at radius 3 is 2.19 bits per heavy atom. The van der Waals surface area contributed by atoms with E-state index < -0.39 is 0 Å². The van der Waals surface area contributed by atoms with Crippen molar-refractivity contribution in [3.63, 3.8) is 0 Å². The van der Waals surface area contributed by atoms with Gasteiger partial charge in [0.15, 0.2) is 0 Å².